The summed E-state index contributed by atoms with van der Waals surface area (Å²) in [5.41, 5.74) is 10.9. The molecule has 0 radical (unpaired) electrons. The van der Waals surface area contributed by atoms with Gasteiger partial charge in [0.2, 0.25) is 0 Å². The molecule has 1 heteroatoms. The summed E-state index contributed by atoms with van der Waals surface area (Å²) < 4.78 is 0. The van der Waals surface area contributed by atoms with Crippen molar-refractivity contribution in [1.82, 2.24) is 0 Å². The van der Waals surface area contributed by atoms with Crippen LogP contribution in [0.1, 0.15) is 73.1 Å². The van der Waals surface area contributed by atoms with Crippen LogP contribution in [0, 0.1) is 10.8 Å². The number of Topliss-reactive ketones (excluding diaryl/α,β-unsaturated/α-hetero) is 1. The van der Waals surface area contributed by atoms with Crippen molar-refractivity contribution < 1.29 is 4.79 Å². The maximum Gasteiger partial charge on any atom is 0.159 e. The SMILES string of the molecule is CC(=O)c1ccc2c(c1)C1=C(C2)C(C)(C)C2C(=Cc3ccccc32)C1(C)C. The van der Waals surface area contributed by atoms with Crippen LogP contribution < -0.4 is 0 Å². The van der Waals surface area contributed by atoms with E-state index < -0.39 is 0 Å². The van der Waals surface area contributed by atoms with Gasteiger partial charge in [-0.1, -0.05) is 81.3 Å². The van der Waals surface area contributed by atoms with E-state index in [0.717, 1.165) is 12.0 Å². The highest BCUT2D eigenvalue weighted by atomic mass is 16.1. The summed E-state index contributed by atoms with van der Waals surface area (Å²) in [4.78, 5) is 12.0. The van der Waals surface area contributed by atoms with Crippen molar-refractivity contribution in [2.45, 2.75) is 47.0 Å². The minimum atomic E-state index is -0.0325. The van der Waals surface area contributed by atoms with Crippen LogP contribution in [0.2, 0.25) is 0 Å². The number of hydrogen-bond donors (Lipinski definition) is 0. The van der Waals surface area contributed by atoms with Crippen molar-refractivity contribution in [3.8, 4) is 0 Å². The molecule has 136 valence electrons. The number of hydrogen-bond acceptors (Lipinski definition) is 1. The molecule has 0 saturated heterocycles. The zero-order chi connectivity index (χ0) is 19.1. The van der Waals surface area contributed by atoms with Gasteiger partial charge in [0, 0.05) is 16.9 Å². The summed E-state index contributed by atoms with van der Waals surface area (Å²) in [6.45, 7) is 11.2. The first-order chi connectivity index (χ1) is 12.7. The Bertz CT molecular complexity index is 1080. The summed E-state index contributed by atoms with van der Waals surface area (Å²) in [6.07, 6.45) is 3.43. The minimum Gasteiger partial charge on any atom is -0.295 e. The molecule has 2 aromatic carbocycles. The molecule has 2 aromatic rings. The molecule has 0 fully saturated rings. The fourth-order valence-electron chi connectivity index (χ4n) is 5.85. The Morgan fingerprint density at radius 3 is 2.52 bits per heavy atom. The lowest BCUT2D eigenvalue weighted by Crippen LogP contribution is -2.36. The molecule has 0 aliphatic heterocycles. The molecule has 3 aliphatic carbocycles. The van der Waals surface area contributed by atoms with E-state index in [-0.39, 0.29) is 16.6 Å². The molecule has 1 atom stereocenters. The fraction of sp³-hybridized carbons (Fsp3) is 0.346. The molecule has 0 heterocycles. The standard InChI is InChI=1S/C26H26O/c1-15(27)16-10-11-18-14-22-24(20(18)12-16)26(4,5)21-13-17-8-6-7-9-19(17)23(21)25(22,2)3/h6-13,23H,14H2,1-5H3. The summed E-state index contributed by atoms with van der Waals surface area (Å²) in [5.74, 6) is 0.578. The van der Waals surface area contributed by atoms with Gasteiger partial charge in [-0.3, -0.25) is 4.79 Å². The number of carbonyl (C=O) groups is 1. The zero-order valence-electron chi connectivity index (χ0n) is 16.8. The number of fused-ring (bicyclic) bond motifs is 5. The molecular formula is C26H26O. The predicted molar refractivity (Wildman–Crippen MR) is 112 cm³/mol. The second kappa shape index (κ2) is 5.10. The molecule has 0 N–H and O–H groups in total. The monoisotopic (exact) mass is 354 g/mol. The van der Waals surface area contributed by atoms with Crippen molar-refractivity contribution >= 4 is 17.4 Å². The third-order valence-electron chi connectivity index (χ3n) is 7.23. The van der Waals surface area contributed by atoms with Crippen molar-refractivity contribution in [1.29, 1.82) is 0 Å². The van der Waals surface area contributed by atoms with Crippen LogP contribution in [0.4, 0.5) is 0 Å². The normalized spacial score (nSPS) is 23.3. The van der Waals surface area contributed by atoms with E-state index in [1.807, 2.05) is 6.07 Å². The Balaban J connectivity index is 1.78. The number of carbonyl (C=O) groups excluding carboxylic acids is 1. The van der Waals surface area contributed by atoms with Gasteiger partial charge in [-0.05, 0) is 52.7 Å². The number of benzene rings is 2. The highest BCUT2D eigenvalue weighted by molar-refractivity contribution is 5.97. The molecule has 0 spiro atoms. The smallest absolute Gasteiger partial charge is 0.159 e. The summed E-state index contributed by atoms with van der Waals surface area (Å²) in [5, 5.41) is 0. The van der Waals surface area contributed by atoms with Crippen molar-refractivity contribution in [2.24, 2.45) is 10.8 Å². The third-order valence-corrected chi connectivity index (χ3v) is 7.23. The average molecular weight is 354 g/mol. The first kappa shape index (κ1) is 16.7. The molecular weight excluding hydrogens is 328 g/mol. The summed E-state index contributed by atoms with van der Waals surface area (Å²) in [6, 6.07) is 15.2. The minimum absolute atomic E-state index is 0.0325. The van der Waals surface area contributed by atoms with E-state index in [2.05, 4.69) is 70.2 Å². The van der Waals surface area contributed by atoms with Crippen molar-refractivity contribution in [2.75, 3.05) is 0 Å². The van der Waals surface area contributed by atoms with Crippen molar-refractivity contribution in [3.63, 3.8) is 0 Å². The van der Waals surface area contributed by atoms with Gasteiger partial charge < -0.3 is 0 Å². The second-order valence-corrected chi connectivity index (χ2v) is 9.47. The number of allylic oxidation sites excluding steroid dienone is 3. The molecule has 27 heavy (non-hydrogen) atoms. The first-order valence-electron chi connectivity index (χ1n) is 9.92. The Hall–Kier alpha value is -2.41. The lowest BCUT2D eigenvalue weighted by Gasteiger charge is -2.48. The maximum atomic E-state index is 12.0. The molecule has 0 saturated carbocycles. The first-order valence-corrected chi connectivity index (χ1v) is 9.92. The summed E-state index contributed by atoms with van der Waals surface area (Å²) in [7, 11) is 0. The van der Waals surface area contributed by atoms with Crippen LogP contribution in [-0.2, 0) is 6.42 Å². The Morgan fingerprint density at radius 1 is 1.04 bits per heavy atom. The molecule has 1 unspecified atom stereocenters. The molecule has 0 aromatic heterocycles. The molecule has 3 aliphatic rings. The van der Waals surface area contributed by atoms with E-state index in [1.54, 1.807) is 12.5 Å². The van der Waals surface area contributed by atoms with Gasteiger partial charge in [0.15, 0.2) is 5.78 Å². The van der Waals surface area contributed by atoms with Crippen LogP contribution in [0.25, 0.3) is 11.6 Å². The number of rotatable bonds is 1. The van der Waals surface area contributed by atoms with E-state index in [9.17, 15) is 4.79 Å². The van der Waals surface area contributed by atoms with Gasteiger partial charge >= 0.3 is 0 Å². The quantitative estimate of drug-likeness (QED) is 0.538. The second-order valence-electron chi connectivity index (χ2n) is 9.47. The van der Waals surface area contributed by atoms with Gasteiger partial charge in [-0.2, -0.15) is 0 Å². The fourth-order valence-corrected chi connectivity index (χ4v) is 5.85. The lowest BCUT2D eigenvalue weighted by molar-refractivity contribution is 0.101. The van der Waals surface area contributed by atoms with E-state index in [0.29, 0.717) is 5.92 Å². The van der Waals surface area contributed by atoms with Crippen LogP contribution in [-0.4, -0.2) is 5.78 Å². The van der Waals surface area contributed by atoms with Gasteiger partial charge in [0.1, 0.15) is 0 Å². The molecule has 5 rings (SSSR count). The Kier molecular flexibility index (Phi) is 3.16. The van der Waals surface area contributed by atoms with Crippen LogP contribution in [0.5, 0.6) is 0 Å². The largest absolute Gasteiger partial charge is 0.295 e. The highest BCUT2D eigenvalue weighted by Crippen LogP contribution is 2.67. The average Bonchev–Trinajstić information content (AvgIpc) is 3.20. The predicted octanol–water partition coefficient (Wildman–Crippen LogP) is 6.45. The molecule has 1 nitrogen and oxygen atoms in total. The topological polar surface area (TPSA) is 17.1 Å². The van der Waals surface area contributed by atoms with E-state index in [1.165, 1.54) is 33.4 Å². The lowest BCUT2D eigenvalue weighted by atomic mass is 9.55. The highest BCUT2D eigenvalue weighted by Gasteiger charge is 2.53. The van der Waals surface area contributed by atoms with Crippen molar-refractivity contribution in [3.05, 3.63) is 81.4 Å². The van der Waals surface area contributed by atoms with Crippen LogP contribution in [0.3, 0.4) is 0 Å². The van der Waals surface area contributed by atoms with E-state index >= 15 is 0 Å². The maximum absolute atomic E-state index is 12.0. The third kappa shape index (κ3) is 2.03. The van der Waals surface area contributed by atoms with Crippen LogP contribution in [0.15, 0.2) is 53.6 Å². The Morgan fingerprint density at radius 2 is 1.78 bits per heavy atom. The zero-order valence-corrected chi connectivity index (χ0v) is 16.8. The van der Waals surface area contributed by atoms with E-state index in [4.69, 9.17) is 0 Å². The number of ketones is 1. The molecule has 0 bridgehead atoms. The van der Waals surface area contributed by atoms with Gasteiger partial charge in [0.05, 0.1) is 0 Å². The summed E-state index contributed by atoms with van der Waals surface area (Å²) >= 11 is 0. The Labute approximate surface area is 161 Å². The van der Waals surface area contributed by atoms with Gasteiger partial charge in [-0.25, -0.2) is 0 Å². The molecule has 0 amide bonds. The van der Waals surface area contributed by atoms with Gasteiger partial charge in [0.25, 0.3) is 0 Å². The van der Waals surface area contributed by atoms with Gasteiger partial charge in [-0.15, -0.1) is 0 Å². The van der Waals surface area contributed by atoms with Crippen LogP contribution >= 0.6 is 0 Å².